The average molecular weight is 1240 g/mol. The first-order chi connectivity index (χ1) is 40.9. The number of nitrogens with zero attached hydrogens (tertiary/aromatic N) is 3. The third-order valence-corrected chi connectivity index (χ3v) is 19.6. The van der Waals surface area contributed by atoms with Crippen molar-refractivity contribution in [3.05, 3.63) is 172 Å². The summed E-state index contributed by atoms with van der Waals surface area (Å²) in [4.78, 5) is 2.38. The fraction of sp³-hybridized carbons (Fsp3) is 0.436. The predicted molar refractivity (Wildman–Crippen MR) is 384 cm³/mol. The maximum absolute atomic E-state index is 6.32. The van der Waals surface area contributed by atoms with Crippen molar-refractivity contribution in [2.45, 2.75) is 203 Å². The van der Waals surface area contributed by atoms with Crippen molar-refractivity contribution in [3.8, 4) is 11.4 Å². The van der Waals surface area contributed by atoms with Gasteiger partial charge in [-0.2, -0.15) is 0 Å². The van der Waals surface area contributed by atoms with Gasteiger partial charge in [-0.25, -0.2) is 0 Å². The molecular weight excluding hydrogens is 1140 g/mol. The van der Waals surface area contributed by atoms with E-state index in [-0.39, 0.29) is 51.2 Å². The Labute approximate surface area is 537 Å². The topological polar surface area (TPSA) is 50.0 Å². The molecule has 0 unspecified atom stereocenters. The fourth-order valence-corrected chi connectivity index (χ4v) is 11.9. The molecule has 0 spiro atoms. The summed E-state index contributed by atoms with van der Waals surface area (Å²) in [6.45, 7) is 54.0. The van der Waals surface area contributed by atoms with Crippen LogP contribution in [0.4, 0.5) is 0 Å². The van der Waals surface area contributed by atoms with Crippen molar-refractivity contribution in [3.63, 3.8) is 0 Å². The van der Waals surface area contributed by atoms with E-state index in [2.05, 4.69) is 307 Å². The van der Waals surface area contributed by atoms with E-state index < -0.39 is 0 Å². The normalized spacial score (nSPS) is 16.4. The predicted octanol–water partition coefficient (Wildman–Crippen LogP) is 20.6. The first-order valence-corrected chi connectivity index (χ1v) is 32.8. The lowest BCUT2D eigenvalue weighted by Crippen LogP contribution is -2.41. The van der Waals surface area contributed by atoms with Gasteiger partial charge >= 0.3 is 14.8 Å². The summed E-state index contributed by atoms with van der Waals surface area (Å²) in [5, 5.41) is 10.2. The molecule has 0 N–H and O–H groups in total. The van der Waals surface area contributed by atoms with Gasteiger partial charge in [-0.3, -0.25) is 0 Å². The molecule has 0 aliphatic carbocycles. The largest absolute Gasteiger partial charge is 0.494 e. The minimum atomic E-state index is -0.361. The molecule has 7 nitrogen and oxygen atoms in total. The Balaban J connectivity index is 0.000000170. The SMILES string of the molecule is CC(C)(C)c1ccc2c(c1)c1cc(C(C)(C)C)ccc1n2-c1ccc2cc(B3OC(C)(C)C(C)(C)O3)ccc2c1.CC(C)(C)c1ccc2c(c1)c1cc(C(C)(C)C)ccc1n2-c1ccc2cc(Br)ccc2c1.CC1(C)O[B]OC1(C)C.CCN(CC)CC. The molecule has 0 atom stereocenters. The Kier molecular flexibility index (Phi) is 18.6. The van der Waals surface area contributed by atoms with Crippen LogP contribution < -0.4 is 5.46 Å². The van der Waals surface area contributed by atoms with Crippen LogP contribution in [0.25, 0.3) is 76.5 Å². The van der Waals surface area contributed by atoms with E-state index in [4.69, 9.17) is 18.6 Å². The Morgan fingerprint density at radius 2 is 0.693 bits per heavy atom. The molecule has 463 valence electrons. The molecule has 2 fully saturated rings. The highest BCUT2D eigenvalue weighted by Crippen LogP contribution is 2.42. The van der Waals surface area contributed by atoms with Crippen molar-refractivity contribution < 1.29 is 18.6 Å². The van der Waals surface area contributed by atoms with Gasteiger partial charge in [-0.05, 0) is 231 Å². The van der Waals surface area contributed by atoms with Crippen molar-refractivity contribution in [1.82, 2.24) is 14.0 Å². The van der Waals surface area contributed by atoms with Crippen LogP contribution in [0, 0.1) is 0 Å². The maximum atomic E-state index is 6.32. The lowest BCUT2D eigenvalue weighted by molar-refractivity contribution is 0.00578. The molecule has 2 aromatic heterocycles. The Morgan fingerprint density at radius 1 is 0.386 bits per heavy atom. The highest BCUT2D eigenvalue weighted by atomic mass is 79.9. The molecule has 2 saturated heterocycles. The van der Waals surface area contributed by atoms with Crippen LogP contribution >= 0.6 is 15.9 Å². The summed E-state index contributed by atoms with van der Waals surface area (Å²) in [7, 11) is 1.06. The molecule has 0 bridgehead atoms. The van der Waals surface area contributed by atoms with Gasteiger partial charge in [0, 0.05) is 37.4 Å². The number of halogens is 1. The minimum Gasteiger partial charge on any atom is -0.405 e. The summed E-state index contributed by atoms with van der Waals surface area (Å²) in [5.41, 5.74) is 13.2. The molecule has 1 radical (unpaired) electrons. The van der Waals surface area contributed by atoms with Crippen LogP contribution in [0.2, 0.25) is 0 Å². The van der Waals surface area contributed by atoms with E-state index in [1.807, 2.05) is 27.7 Å². The average Bonchev–Trinajstić information content (AvgIpc) is 1.62. The smallest absolute Gasteiger partial charge is 0.405 e. The van der Waals surface area contributed by atoms with Gasteiger partial charge in [0.25, 0.3) is 0 Å². The van der Waals surface area contributed by atoms with Gasteiger partial charge in [0.2, 0.25) is 0 Å². The molecule has 0 saturated carbocycles. The summed E-state index contributed by atoms with van der Waals surface area (Å²) in [6, 6.07) is 54.5. The van der Waals surface area contributed by atoms with E-state index in [1.54, 1.807) is 0 Å². The summed E-state index contributed by atoms with van der Waals surface area (Å²) in [6.07, 6.45) is 0. The van der Waals surface area contributed by atoms with Crippen LogP contribution in [0.3, 0.4) is 0 Å². The number of fused-ring (bicyclic) bond motifs is 8. The van der Waals surface area contributed by atoms with Gasteiger partial charge in [-0.15, -0.1) is 0 Å². The lowest BCUT2D eigenvalue weighted by atomic mass is 9.78. The fourth-order valence-electron chi connectivity index (χ4n) is 11.5. The number of hydrogen-bond acceptors (Lipinski definition) is 5. The monoisotopic (exact) mass is 1240 g/mol. The number of aromatic nitrogens is 2. The highest BCUT2D eigenvalue weighted by Gasteiger charge is 2.52. The van der Waals surface area contributed by atoms with Gasteiger partial charge in [0.15, 0.2) is 0 Å². The minimum absolute atomic E-state index is 0.0854. The van der Waals surface area contributed by atoms with E-state index in [9.17, 15) is 0 Å². The number of rotatable bonds is 6. The van der Waals surface area contributed by atoms with Crippen LogP contribution in [0.1, 0.15) is 181 Å². The van der Waals surface area contributed by atoms with E-state index in [1.165, 1.54) is 126 Å². The van der Waals surface area contributed by atoms with Gasteiger partial charge in [0.05, 0.1) is 44.5 Å². The standard InChI is InChI=1S/C36H42BNO2.C30H30BrN.C6H12BO2.C6H15N/c1-33(2,3)25-13-17-31-29(21-25)30-22-26(34(4,5)6)14-18-32(30)38(31)28-16-12-23-19-27(15-11-24(23)20-28)37-39-35(7,8)36(9,10)40-37;1-29(2,3)21-9-13-27-25(17-21)26-18-22(30(4,5)6)10-14-28(26)32(27)24-12-8-19-15-23(31)11-7-20(19)16-24;1-5(2)6(3,4)9-7-8-5;1-4-7(5-2)6-3/h11-22H,1-10H3;7-18H,1-6H3;1-4H3;4-6H2,1-3H3. The van der Waals surface area contributed by atoms with Crippen molar-refractivity contribution in [2.75, 3.05) is 19.6 Å². The molecule has 10 heteroatoms. The van der Waals surface area contributed by atoms with Crippen LogP contribution in [0.15, 0.2) is 150 Å². The second-order valence-electron chi connectivity index (χ2n) is 30.6. The maximum Gasteiger partial charge on any atom is 0.494 e. The summed E-state index contributed by atoms with van der Waals surface area (Å²) >= 11 is 3.59. The second-order valence-corrected chi connectivity index (χ2v) is 31.5. The third-order valence-electron chi connectivity index (χ3n) is 19.1. The van der Waals surface area contributed by atoms with Gasteiger partial charge in [0.1, 0.15) is 0 Å². The van der Waals surface area contributed by atoms with Crippen molar-refractivity contribution in [2.24, 2.45) is 0 Å². The number of hydrogen-bond donors (Lipinski definition) is 0. The highest BCUT2D eigenvalue weighted by molar-refractivity contribution is 9.10. The van der Waals surface area contributed by atoms with E-state index >= 15 is 0 Å². The first kappa shape index (κ1) is 66.7. The molecule has 2 aliphatic heterocycles. The summed E-state index contributed by atoms with van der Waals surface area (Å²) < 4.78 is 29.0. The zero-order valence-corrected chi connectivity index (χ0v) is 59.1. The Morgan fingerprint density at radius 3 is 0.989 bits per heavy atom. The molecule has 10 aromatic rings. The van der Waals surface area contributed by atoms with Crippen LogP contribution in [-0.2, 0) is 40.3 Å². The lowest BCUT2D eigenvalue weighted by Gasteiger charge is -2.32. The number of benzene rings is 8. The molecule has 12 rings (SSSR count). The molecule has 2 aliphatic rings. The zero-order chi connectivity index (χ0) is 64.5. The van der Waals surface area contributed by atoms with Crippen LogP contribution in [-0.4, -0.2) is 70.9 Å². The second kappa shape index (κ2) is 24.5. The van der Waals surface area contributed by atoms with Gasteiger partial charge in [-0.1, -0.05) is 180 Å². The summed E-state index contributed by atoms with van der Waals surface area (Å²) in [5.74, 6) is 0. The Hall–Kier alpha value is -5.71. The van der Waals surface area contributed by atoms with Crippen LogP contribution in [0.5, 0.6) is 0 Å². The quantitative estimate of drug-likeness (QED) is 0.155. The first-order valence-electron chi connectivity index (χ1n) is 32.1. The van der Waals surface area contributed by atoms with Crippen molar-refractivity contribution in [1.29, 1.82) is 0 Å². The molecule has 4 heterocycles. The third kappa shape index (κ3) is 13.7. The molecule has 88 heavy (non-hydrogen) atoms. The van der Waals surface area contributed by atoms with Crippen molar-refractivity contribution >= 4 is 101 Å². The Bertz CT molecular complexity index is 4000. The van der Waals surface area contributed by atoms with E-state index in [0.717, 1.165) is 9.94 Å². The van der Waals surface area contributed by atoms with E-state index in [0.29, 0.717) is 0 Å². The zero-order valence-electron chi connectivity index (χ0n) is 57.5. The molecule has 0 amide bonds. The molecule has 8 aromatic carbocycles. The van der Waals surface area contributed by atoms with Gasteiger partial charge < -0.3 is 32.7 Å². The molecular formula is C78H99B2BrN3O4.